The van der Waals surface area contributed by atoms with Gasteiger partial charge in [-0.05, 0) is 12.5 Å². The lowest BCUT2D eigenvalue weighted by atomic mass is 10.1. The number of rotatable bonds is 6. The van der Waals surface area contributed by atoms with Crippen molar-refractivity contribution < 1.29 is 9.21 Å². The first-order valence-electron chi connectivity index (χ1n) is 8.03. The molecule has 0 aliphatic heterocycles. The van der Waals surface area contributed by atoms with Gasteiger partial charge in [0.05, 0.1) is 6.20 Å². The van der Waals surface area contributed by atoms with Crippen molar-refractivity contribution in [2.45, 2.75) is 26.3 Å². The molecule has 122 valence electrons. The van der Waals surface area contributed by atoms with Crippen molar-refractivity contribution in [2.24, 2.45) is 0 Å². The van der Waals surface area contributed by atoms with E-state index in [0.717, 1.165) is 16.9 Å². The number of nitrogens with one attached hydrogen (secondary N) is 1. The normalized spacial score (nSPS) is 10.5. The third-order valence-corrected chi connectivity index (χ3v) is 3.79. The number of carbonyl (C=O) groups excluding carboxylic acids is 1. The third kappa shape index (κ3) is 4.32. The third-order valence-electron chi connectivity index (χ3n) is 3.79. The van der Waals surface area contributed by atoms with E-state index in [9.17, 15) is 4.79 Å². The average Bonchev–Trinajstić information content (AvgIpc) is 3.09. The molecule has 3 aromatic rings. The molecule has 1 aromatic heterocycles. The molecule has 24 heavy (non-hydrogen) atoms. The number of aryl methyl sites for hydroxylation is 2. The highest BCUT2D eigenvalue weighted by Crippen LogP contribution is 2.20. The summed E-state index contributed by atoms with van der Waals surface area (Å²) >= 11 is 0. The summed E-state index contributed by atoms with van der Waals surface area (Å²) in [4.78, 5) is 16.2. The van der Waals surface area contributed by atoms with Gasteiger partial charge in [0.25, 0.3) is 0 Å². The fourth-order valence-electron chi connectivity index (χ4n) is 2.38. The number of aromatic nitrogens is 1. The summed E-state index contributed by atoms with van der Waals surface area (Å²) in [7, 11) is 0. The summed E-state index contributed by atoms with van der Waals surface area (Å²) in [5, 5.41) is 2.92. The zero-order valence-corrected chi connectivity index (χ0v) is 13.7. The minimum Gasteiger partial charge on any atom is -0.441 e. The van der Waals surface area contributed by atoms with Crippen LogP contribution >= 0.6 is 0 Å². The molecule has 0 radical (unpaired) electrons. The Kier molecular flexibility index (Phi) is 5.06. The van der Waals surface area contributed by atoms with E-state index in [1.165, 1.54) is 5.56 Å². The van der Waals surface area contributed by atoms with Crippen LogP contribution in [0.4, 0.5) is 0 Å². The lowest BCUT2D eigenvalue weighted by Gasteiger charge is -2.05. The molecule has 1 N–H and O–H groups in total. The second-order valence-electron chi connectivity index (χ2n) is 5.75. The van der Waals surface area contributed by atoms with Crippen molar-refractivity contribution in [1.82, 2.24) is 10.3 Å². The first-order chi connectivity index (χ1) is 11.7. The minimum absolute atomic E-state index is 0.00460. The van der Waals surface area contributed by atoms with Gasteiger partial charge >= 0.3 is 0 Å². The topological polar surface area (TPSA) is 55.1 Å². The zero-order chi connectivity index (χ0) is 16.8. The highest BCUT2D eigenvalue weighted by Gasteiger charge is 2.08. The summed E-state index contributed by atoms with van der Waals surface area (Å²) in [6, 6.07) is 17.9. The number of nitrogens with zero attached hydrogens (tertiary/aromatic N) is 1. The molecular formula is C20H20N2O2. The number of benzene rings is 2. The van der Waals surface area contributed by atoms with Crippen molar-refractivity contribution in [2.75, 3.05) is 0 Å². The standard InChI is InChI=1S/C20H20N2O2/c1-15-7-9-16(10-8-15)13-21-19(23)11-12-20-22-14-18(24-20)17-5-3-2-4-6-17/h2-10,14H,11-13H2,1H3,(H,21,23). The Hall–Kier alpha value is -2.88. The smallest absolute Gasteiger partial charge is 0.220 e. The monoisotopic (exact) mass is 320 g/mol. The summed E-state index contributed by atoms with van der Waals surface area (Å²) < 4.78 is 5.70. The molecular weight excluding hydrogens is 300 g/mol. The fraction of sp³-hybridized carbons (Fsp3) is 0.200. The molecule has 4 nitrogen and oxygen atoms in total. The van der Waals surface area contributed by atoms with Gasteiger partial charge in [0.2, 0.25) is 5.91 Å². The average molecular weight is 320 g/mol. The fourth-order valence-corrected chi connectivity index (χ4v) is 2.38. The molecule has 1 heterocycles. The van der Waals surface area contributed by atoms with Crippen LogP contribution in [0.2, 0.25) is 0 Å². The summed E-state index contributed by atoms with van der Waals surface area (Å²) in [6.45, 7) is 2.59. The SMILES string of the molecule is Cc1ccc(CNC(=O)CCc2ncc(-c3ccccc3)o2)cc1. The van der Waals surface area contributed by atoms with Crippen LogP contribution in [0.1, 0.15) is 23.4 Å². The van der Waals surface area contributed by atoms with Crippen molar-refractivity contribution in [3.8, 4) is 11.3 Å². The molecule has 0 atom stereocenters. The lowest BCUT2D eigenvalue weighted by molar-refractivity contribution is -0.121. The van der Waals surface area contributed by atoms with Crippen molar-refractivity contribution >= 4 is 5.91 Å². The van der Waals surface area contributed by atoms with E-state index in [2.05, 4.69) is 10.3 Å². The van der Waals surface area contributed by atoms with E-state index in [1.807, 2.05) is 61.5 Å². The Balaban J connectivity index is 1.48. The molecule has 1 amide bonds. The van der Waals surface area contributed by atoms with Crippen LogP contribution in [0.3, 0.4) is 0 Å². The molecule has 0 aliphatic rings. The van der Waals surface area contributed by atoms with Crippen LogP contribution in [0.5, 0.6) is 0 Å². The molecule has 0 saturated heterocycles. The Morgan fingerprint density at radius 1 is 1.08 bits per heavy atom. The van der Waals surface area contributed by atoms with Gasteiger partial charge in [-0.1, -0.05) is 60.2 Å². The maximum Gasteiger partial charge on any atom is 0.220 e. The zero-order valence-electron chi connectivity index (χ0n) is 13.7. The summed E-state index contributed by atoms with van der Waals surface area (Å²) in [5.41, 5.74) is 3.29. The van der Waals surface area contributed by atoms with Crippen LogP contribution in [-0.2, 0) is 17.8 Å². The Labute approximate surface area is 141 Å². The maximum atomic E-state index is 12.0. The molecule has 0 spiro atoms. The van der Waals surface area contributed by atoms with E-state index in [1.54, 1.807) is 6.20 Å². The van der Waals surface area contributed by atoms with E-state index < -0.39 is 0 Å². The van der Waals surface area contributed by atoms with E-state index >= 15 is 0 Å². The van der Waals surface area contributed by atoms with Crippen LogP contribution in [0, 0.1) is 6.92 Å². The second kappa shape index (κ2) is 7.59. The second-order valence-corrected chi connectivity index (χ2v) is 5.75. The summed E-state index contributed by atoms with van der Waals surface area (Å²) in [5.74, 6) is 1.31. The number of amides is 1. The van der Waals surface area contributed by atoms with Crippen molar-refractivity contribution in [1.29, 1.82) is 0 Å². The highest BCUT2D eigenvalue weighted by molar-refractivity contribution is 5.76. The van der Waals surface area contributed by atoms with Gasteiger partial charge in [0.1, 0.15) is 0 Å². The number of hydrogen-bond donors (Lipinski definition) is 1. The largest absolute Gasteiger partial charge is 0.441 e. The Morgan fingerprint density at radius 2 is 1.83 bits per heavy atom. The molecule has 0 bridgehead atoms. The predicted molar refractivity (Wildman–Crippen MR) is 93.3 cm³/mol. The highest BCUT2D eigenvalue weighted by atomic mass is 16.4. The van der Waals surface area contributed by atoms with Crippen molar-refractivity contribution in [3.63, 3.8) is 0 Å². The van der Waals surface area contributed by atoms with Gasteiger partial charge in [0.15, 0.2) is 11.7 Å². The maximum absolute atomic E-state index is 12.0. The first-order valence-corrected chi connectivity index (χ1v) is 8.03. The van der Waals surface area contributed by atoms with E-state index in [4.69, 9.17) is 4.42 Å². The minimum atomic E-state index is -0.00460. The summed E-state index contributed by atoms with van der Waals surface area (Å²) in [6.07, 6.45) is 2.56. The predicted octanol–water partition coefficient (Wildman–Crippen LogP) is 3.90. The first kappa shape index (κ1) is 16.0. The van der Waals surface area contributed by atoms with Crippen LogP contribution in [0.25, 0.3) is 11.3 Å². The van der Waals surface area contributed by atoms with Crippen molar-refractivity contribution in [3.05, 3.63) is 77.8 Å². The van der Waals surface area contributed by atoms with Gasteiger partial charge in [-0.15, -0.1) is 0 Å². The lowest BCUT2D eigenvalue weighted by Crippen LogP contribution is -2.23. The molecule has 0 fully saturated rings. The quantitative estimate of drug-likeness (QED) is 0.749. The Bertz CT molecular complexity index is 792. The molecule has 0 unspecified atom stereocenters. The van der Waals surface area contributed by atoms with Gasteiger partial charge in [-0.2, -0.15) is 0 Å². The molecule has 4 heteroatoms. The van der Waals surface area contributed by atoms with Gasteiger partial charge in [-0.25, -0.2) is 4.98 Å². The van der Waals surface area contributed by atoms with Crippen LogP contribution < -0.4 is 5.32 Å². The number of hydrogen-bond acceptors (Lipinski definition) is 3. The van der Waals surface area contributed by atoms with Gasteiger partial charge < -0.3 is 9.73 Å². The molecule has 3 rings (SSSR count). The van der Waals surface area contributed by atoms with Gasteiger partial charge in [-0.3, -0.25) is 4.79 Å². The van der Waals surface area contributed by atoms with Crippen LogP contribution in [0.15, 0.2) is 65.2 Å². The van der Waals surface area contributed by atoms with E-state index in [0.29, 0.717) is 25.3 Å². The van der Waals surface area contributed by atoms with Crippen LogP contribution in [-0.4, -0.2) is 10.9 Å². The van der Waals surface area contributed by atoms with E-state index in [-0.39, 0.29) is 5.91 Å². The Morgan fingerprint density at radius 3 is 2.58 bits per heavy atom. The molecule has 0 saturated carbocycles. The number of oxazole rings is 1. The molecule has 0 aliphatic carbocycles. The van der Waals surface area contributed by atoms with Gasteiger partial charge in [0, 0.05) is 24.9 Å². The molecule has 2 aromatic carbocycles. The number of carbonyl (C=O) groups is 1.